The van der Waals surface area contributed by atoms with E-state index in [1.807, 2.05) is 12.1 Å². The maximum Gasteiger partial charge on any atom is 0.123 e. The standard InChI is InChI=1S/C18H23FN4/c1-12-9-16(10-12)23-18-11-22(8-7-17(18)20-21-23)13(2)14-3-5-15(19)6-4-14/h3-6,12-13,16H,7-11H2,1-2H3. The van der Waals surface area contributed by atoms with Gasteiger partial charge < -0.3 is 0 Å². The summed E-state index contributed by atoms with van der Waals surface area (Å²) in [5.41, 5.74) is 3.60. The Kier molecular flexibility index (Phi) is 3.68. The van der Waals surface area contributed by atoms with Crippen LogP contribution in [0.25, 0.3) is 0 Å². The second-order valence-electron chi connectivity index (χ2n) is 7.11. The van der Waals surface area contributed by atoms with Gasteiger partial charge in [0.1, 0.15) is 5.82 Å². The molecule has 4 rings (SSSR count). The molecule has 1 aliphatic heterocycles. The number of hydrogen-bond acceptors (Lipinski definition) is 3. The molecule has 23 heavy (non-hydrogen) atoms. The van der Waals surface area contributed by atoms with E-state index in [0.29, 0.717) is 6.04 Å². The minimum absolute atomic E-state index is 0.178. The fraction of sp³-hybridized carbons (Fsp3) is 0.556. The Hall–Kier alpha value is -1.75. The maximum atomic E-state index is 13.1. The largest absolute Gasteiger partial charge is 0.290 e. The molecule has 0 bridgehead atoms. The number of rotatable bonds is 3. The van der Waals surface area contributed by atoms with Gasteiger partial charge in [0.15, 0.2) is 0 Å². The van der Waals surface area contributed by atoms with E-state index in [0.717, 1.165) is 36.7 Å². The molecular weight excluding hydrogens is 291 g/mol. The summed E-state index contributed by atoms with van der Waals surface area (Å²) in [6, 6.07) is 7.66. The van der Waals surface area contributed by atoms with E-state index < -0.39 is 0 Å². The van der Waals surface area contributed by atoms with E-state index >= 15 is 0 Å². The van der Waals surface area contributed by atoms with Crippen LogP contribution in [0.15, 0.2) is 24.3 Å². The van der Waals surface area contributed by atoms with Crippen LogP contribution in [0, 0.1) is 11.7 Å². The fourth-order valence-electron chi connectivity index (χ4n) is 3.86. The van der Waals surface area contributed by atoms with E-state index in [2.05, 4.69) is 33.7 Å². The van der Waals surface area contributed by atoms with Gasteiger partial charge in [-0.3, -0.25) is 4.90 Å². The minimum atomic E-state index is -0.178. The molecule has 2 aliphatic rings. The van der Waals surface area contributed by atoms with Crippen LogP contribution < -0.4 is 0 Å². The lowest BCUT2D eigenvalue weighted by Crippen LogP contribution is -2.35. The molecule has 0 radical (unpaired) electrons. The van der Waals surface area contributed by atoms with Gasteiger partial charge in [0.25, 0.3) is 0 Å². The zero-order chi connectivity index (χ0) is 16.0. The van der Waals surface area contributed by atoms with Gasteiger partial charge in [0, 0.05) is 25.6 Å². The van der Waals surface area contributed by atoms with Crippen LogP contribution in [0.3, 0.4) is 0 Å². The zero-order valence-corrected chi connectivity index (χ0v) is 13.7. The summed E-state index contributed by atoms with van der Waals surface area (Å²) < 4.78 is 15.3. The third kappa shape index (κ3) is 2.67. The molecule has 0 spiro atoms. The molecule has 1 unspecified atom stereocenters. The predicted molar refractivity (Wildman–Crippen MR) is 86.4 cm³/mol. The van der Waals surface area contributed by atoms with Crippen LogP contribution in [-0.2, 0) is 13.0 Å². The van der Waals surface area contributed by atoms with Gasteiger partial charge >= 0.3 is 0 Å². The number of aromatic nitrogens is 3. The molecule has 1 fully saturated rings. The van der Waals surface area contributed by atoms with Crippen molar-refractivity contribution in [1.29, 1.82) is 0 Å². The Morgan fingerprint density at radius 2 is 1.96 bits per heavy atom. The first-order valence-electron chi connectivity index (χ1n) is 8.54. The van der Waals surface area contributed by atoms with Crippen LogP contribution in [0.2, 0.25) is 0 Å². The first-order chi connectivity index (χ1) is 11.1. The van der Waals surface area contributed by atoms with Gasteiger partial charge in [-0.25, -0.2) is 9.07 Å². The smallest absolute Gasteiger partial charge is 0.123 e. The summed E-state index contributed by atoms with van der Waals surface area (Å²) >= 11 is 0. The first-order valence-corrected chi connectivity index (χ1v) is 8.54. The Balaban J connectivity index is 1.53. The summed E-state index contributed by atoms with van der Waals surface area (Å²) in [6.45, 7) is 6.34. The summed E-state index contributed by atoms with van der Waals surface area (Å²) in [7, 11) is 0. The third-order valence-corrected chi connectivity index (χ3v) is 5.46. The van der Waals surface area contributed by atoms with E-state index in [4.69, 9.17) is 0 Å². The van der Waals surface area contributed by atoms with Gasteiger partial charge in [0.05, 0.1) is 17.4 Å². The predicted octanol–water partition coefficient (Wildman–Crippen LogP) is 3.51. The van der Waals surface area contributed by atoms with Crippen molar-refractivity contribution in [2.24, 2.45) is 5.92 Å². The molecule has 0 saturated heterocycles. The summed E-state index contributed by atoms with van der Waals surface area (Å²) in [6.07, 6.45) is 3.37. The average molecular weight is 314 g/mol. The van der Waals surface area contributed by atoms with Crippen molar-refractivity contribution in [3.63, 3.8) is 0 Å². The van der Waals surface area contributed by atoms with Gasteiger partial charge in [-0.15, -0.1) is 5.10 Å². The summed E-state index contributed by atoms with van der Waals surface area (Å²) in [5, 5.41) is 8.82. The summed E-state index contributed by atoms with van der Waals surface area (Å²) in [4.78, 5) is 2.44. The lowest BCUT2D eigenvalue weighted by Gasteiger charge is -2.36. The Morgan fingerprint density at radius 3 is 2.65 bits per heavy atom. The molecule has 2 aromatic rings. The minimum Gasteiger partial charge on any atom is -0.290 e. The van der Waals surface area contributed by atoms with E-state index in [-0.39, 0.29) is 11.9 Å². The van der Waals surface area contributed by atoms with E-state index in [9.17, 15) is 4.39 Å². The van der Waals surface area contributed by atoms with Crippen molar-refractivity contribution in [2.45, 2.75) is 51.7 Å². The molecule has 1 atom stereocenters. The monoisotopic (exact) mass is 314 g/mol. The van der Waals surface area contributed by atoms with Crippen LogP contribution >= 0.6 is 0 Å². The van der Waals surface area contributed by atoms with Crippen molar-refractivity contribution < 1.29 is 4.39 Å². The second-order valence-corrected chi connectivity index (χ2v) is 7.11. The Morgan fingerprint density at radius 1 is 1.22 bits per heavy atom. The van der Waals surface area contributed by atoms with Crippen molar-refractivity contribution in [3.05, 3.63) is 47.0 Å². The van der Waals surface area contributed by atoms with Gasteiger partial charge in [-0.1, -0.05) is 24.3 Å². The molecule has 4 nitrogen and oxygen atoms in total. The fourth-order valence-corrected chi connectivity index (χ4v) is 3.86. The van der Waals surface area contributed by atoms with Crippen molar-refractivity contribution in [2.75, 3.05) is 6.54 Å². The highest BCUT2D eigenvalue weighted by atomic mass is 19.1. The molecule has 2 heterocycles. The second kappa shape index (κ2) is 5.71. The van der Waals surface area contributed by atoms with Crippen molar-refractivity contribution in [1.82, 2.24) is 19.9 Å². The maximum absolute atomic E-state index is 13.1. The molecule has 1 aromatic carbocycles. The highest BCUT2D eigenvalue weighted by molar-refractivity contribution is 5.22. The van der Waals surface area contributed by atoms with Crippen LogP contribution in [0.1, 0.15) is 55.7 Å². The lowest BCUT2D eigenvalue weighted by molar-refractivity contribution is 0.160. The van der Waals surface area contributed by atoms with E-state index in [1.165, 1.54) is 18.5 Å². The molecule has 0 amide bonds. The van der Waals surface area contributed by atoms with Crippen LogP contribution in [0.5, 0.6) is 0 Å². The molecule has 122 valence electrons. The highest BCUT2D eigenvalue weighted by Gasteiger charge is 2.33. The lowest BCUT2D eigenvalue weighted by atomic mass is 9.82. The Bertz CT molecular complexity index is 688. The molecule has 1 saturated carbocycles. The Labute approximate surface area is 136 Å². The zero-order valence-electron chi connectivity index (χ0n) is 13.7. The van der Waals surface area contributed by atoms with Crippen LogP contribution in [-0.4, -0.2) is 26.4 Å². The number of benzene rings is 1. The average Bonchev–Trinajstić information content (AvgIpc) is 2.94. The van der Waals surface area contributed by atoms with Gasteiger partial charge in [-0.2, -0.15) is 0 Å². The highest BCUT2D eigenvalue weighted by Crippen LogP contribution is 2.38. The topological polar surface area (TPSA) is 34.0 Å². The number of hydrogen-bond donors (Lipinski definition) is 0. The van der Waals surface area contributed by atoms with Crippen molar-refractivity contribution >= 4 is 0 Å². The number of fused-ring (bicyclic) bond motifs is 1. The summed E-state index contributed by atoms with van der Waals surface area (Å²) in [5.74, 6) is 0.626. The molecule has 1 aliphatic carbocycles. The van der Waals surface area contributed by atoms with E-state index in [1.54, 1.807) is 12.1 Å². The van der Waals surface area contributed by atoms with Crippen molar-refractivity contribution in [3.8, 4) is 0 Å². The normalized spacial score (nSPS) is 25.7. The molecule has 0 N–H and O–H groups in total. The number of nitrogens with zero attached hydrogens (tertiary/aromatic N) is 4. The quantitative estimate of drug-likeness (QED) is 0.869. The molecular formula is C18H23FN4. The number of halogens is 1. The first kappa shape index (κ1) is 14.8. The third-order valence-electron chi connectivity index (χ3n) is 5.46. The van der Waals surface area contributed by atoms with Gasteiger partial charge in [-0.05, 0) is 43.4 Å². The SMILES string of the molecule is CC1CC(n2nnc3c2CN(C(C)c2ccc(F)cc2)CC3)C1. The molecule has 1 aromatic heterocycles. The van der Waals surface area contributed by atoms with Gasteiger partial charge in [0.2, 0.25) is 0 Å². The van der Waals surface area contributed by atoms with Crippen LogP contribution in [0.4, 0.5) is 4.39 Å². The molecule has 5 heteroatoms.